The lowest BCUT2D eigenvalue weighted by atomic mass is 9.90. The van der Waals surface area contributed by atoms with Crippen LogP contribution in [-0.4, -0.2) is 20.5 Å². The van der Waals surface area contributed by atoms with Gasteiger partial charge in [0.1, 0.15) is 0 Å². The van der Waals surface area contributed by atoms with Crippen LogP contribution in [0.2, 0.25) is 0 Å². The van der Waals surface area contributed by atoms with Gasteiger partial charge in [-0.1, -0.05) is 45.4 Å². The van der Waals surface area contributed by atoms with Crippen LogP contribution in [0.4, 0.5) is 0 Å². The second-order valence-electron chi connectivity index (χ2n) is 5.71. The molecule has 1 unspecified atom stereocenters. The molecular formula is C14H29NO3S. The maximum absolute atomic E-state index is 11.5. The fourth-order valence-electron chi connectivity index (χ4n) is 2.68. The van der Waals surface area contributed by atoms with Crippen molar-refractivity contribution in [1.29, 1.82) is 0 Å². The third-order valence-corrected chi connectivity index (χ3v) is 5.01. The van der Waals surface area contributed by atoms with E-state index in [1.54, 1.807) is 0 Å². The minimum Gasteiger partial charge on any atom is -0.361 e. The van der Waals surface area contributed by atoms with Crippen LogP contribution in [0.1, 0.15) is 71.1 Å². The van der Waals surface area contributed by atoms with Gasteiger partial charge in [0.05, 0.1) is 6.61 Å². The second kappa shape index (κ2) is 8.93. The standard InChI is InChI=1S/C14H29NO3S/c1-2-3-4-8-11-14(19(15,16)17)18-12-13-9-6-5-7-10-13/h13-14H,2-12H2,1H3,(H2,15,16,17). The Kier molecular flexibility index (Phi) is 7.95. The number of hydrogen-bond donors (Lipinski definition) is 1. The van der Waals surface area contributed by atoms with E-state index >= 15 is 0 Å². The highest BCUT2D eigenvalue weighted by atomic mass is 32.2. The fraction of sp³-hybridized carbons (Fsp3) is 1.00. The summed E-state index contributed by atoms with van der Waals surface area (Å²) in [7, 11) is -3.58. The van der Waals surface area contributed by atoms with Crippen LogP contribution < -0.4 is 5.14 Å². The van der Waals surface area contributed by atoms with Crippen molar-refractivity contribution in [3.05, 3.63) is 0 Å². The van der Waals surface area contributed by atoms with Gasteiger partial charge in [-0.25, -0.2) is 13.6 Å². The van der Waals surface area contributed by atoms with Gasteiger partial charge in [-0.05, 0) is 31.6 Å². The van der Waals surface area contributed by atoms with E-state index in [1.165, 1.54) is 19.3 Å². The summed E-state index contributed by atoms with van der Waals surface area (Å²) < 4.78 is 28.7. The minimum absolute atomic E-state index is 0.522. The Balaban J connectivity index is 2.32. The zero-order chi connectivity index (χ0) is 14.1. The van der Waals surface area contributed by atoms with E-state index in [-0.39, 0.29) is 0 Å². The molecule has 1 aliphatic rings. The molecule has 0 aromatic heterocycles. The molecule has 19 heavy (non-hydrogen) atoms. The molecule has 0 radical (unpaired) electrons. The van der Waals surface area contributed by atoms with Crippen molar-refractivity contribution in [2.75, 3.05) is 6.61 Å². The summed E-state index contributed by atoms with van der Waals surface area (Å²) in [5.41, 5.74) is -0.800. The highest BCUT2D eigenvalue weighted by Crippen LogP contribution is 2.25. The van der Waals surface area contributed by atoms with Crippen LogP contribution >= 0.6 is 0 Å². The van der Waals surface area contributed by atoms with Crippen LogP contribution in [0.5, 0.6) is 0 Å². The van der Waals surface area contributed by atoms with Gasteiger partial charge in [0, 0.05) is 0 Å². The van der Waals surface area contributed by atoms with Gasteiger partial charge in [-0.15, -0.1) is 0 Å². The largest absolute Gasteiger partial charge is 0.361 e. The molecule has 0 aromatic rings. The Hall–Kier alpha value is -0.130. The average Bonchev–Trinajstić information content (AvgIpc) is 2.37. The highest BCUT2D eigenvalue weighted by molar-refractivity contribution is 7.89. The number of sulfonamides is 1. The molecule has 5 heteroatoms. The predicted molar refractivity (Wildman–Crippen MR) is 78.2 cm³/mol. The third-order valence-electron chi connectivity index (χ3n) is 3.90. The molecule has 0 bridgehead atoms. The Morgan fingerprint density at radius 2 is 1.84 bits per heavy atom. The third kappa shape index (κ3) is 7.28. The van der Waals surface area contributed by atoms with Crippen LogP contribution in [0.15, 0.2) is 0 Å². The molecule has 1 saturated carbocycles. The molecule has 0 spiro atoms. The first kappa shape index (κ1) is 16.9. The molecule has 1 aliphatic carbocycles. The number of nitrogens with two attached hydrogens (primary N) is 1. The summed E-state index contributed by atoms with van der Waals surface area (Å²) >= 11 is 0. The Morgan fingerprint density at radius 3 is 2.42 bits per heavy atom. The van der Waals surface area contributed by atoms with E-state index in [0.717, 1.165) is 38.5 Å². The lowest BCUT2D eigenvalue weighted by molar-refractivity contribution is 0.0575. The number of hydrogen-bond acceptors (Lipinski definition) is 3. The number of primary sulfonamides is 1. The molecule has 2 N–H and O–H groups in total. The van der Waals surface area contributed by atoms with Crippen LogP contribution in [-0.2, 0) is 14.8 Å². The number of rotatable bonds is 9. The molecule has 0 heterocycles. The van der Waals surface area contributed by atoms with Crippen molar-refractivity contribution in [1.82, 2.24) is 0 Å². The van der Waals surface area contributed by atoms with Crippen molar-refractivity contribution < 1.29 is 13.2 Å². The van der Waals surface area contributed by atoms with Gasteiger partial charge >= 0.3 is 0 Å². The average molecular weight is 291 g/mol. The number of unbranched alkanes of at least 4 members (excludes halogenated alkanes) is 3. The van der Waals surface area contributed by atoms with Gasteiger partial charge in [0.2, 0.25) is 10.0 Å². The zero-order valence-corrected chi connectivity index (χ0v) is 13.0. The van der Waals surface area contributed by atoms with Crippen molar-refractivity contribution >= 4 is 10.0 Å². The molecule has 1 rings (SSSR count). The first-order valence-corrected chi connectivity index (χ1v) is 9.28. The molecule has 1 atom stereocenters. The van der Waals surface area contributed by atoms with E-state index in [2.05, 4.69) is 6.92 Å². The van der Waals surface area contributed by atoms with Gasteiger partial charge in [0.25, 0.3) is 0 Å². The second-order valence-corrected chi connectivity index (χ2v) is 7.41. The lowest BCUT2D eigenvalue weighted by Crippen LogP contribution is -2.32. The van der Waals surface area contributed by atoms with E-state index in [4.69, 9.17) is 9.88 Å². The van der Waals surface area contributed by atoms with Gasteiger partial charge in [0.15, 0.2) is 5.44 Å². The molecule has 0 aromatic carbocycles. The summed E-state index contributed by atoms with van der Waals surface area (Å²) in [5, 5.41) is 5.26. The van der Waals surface area contributed by atoms with Crippen LogP contribution in [0, 0.1) is 5.92 Å². The Bertz CT molecular complexity index is 324. The van der Waals surface area contributed by atoms with Crippen molar-refractivity contribution in [3.63, 3.8) is 0 Å². The SMILES string of the molecule is CCCCCCC(OCC1CCCCC1)S(N)(=O)=O. The molecule has 0 aliphatic heterocycles. The maximum atomic E-state index is 11.5. The van der Waals surface area contributed by atoms with E-state index in [9.17, 15) is 8.42 Å². The van der Waals surface area contributed by atoms with E-state index in [0.29, 0.717) is 18.9 Å². The quantitative estimate of drug-likeness (QED) is 0.663. The minimum atomic E-state index is -3.58. The molecule has 0 amide bonds. The van der Waals surface area contributed by atoms with Gasteiger partial charge < -0.3 is 4.74 Å². The lowest BCUT2D eigenvalue weighted by Gasteiger charge is -2.24. The molecule has 114 valence electrons. The monoisotopic (exact) mass is 291 g/mol. The van der Waals surface area contributed by atoms with E-state index in [1.807, 2.05) is 0 Å². The first-order chi connectivity index (χ1) is 9.04. The zero-order valence-electron chi connectivity index (χ0n) is 12.1. The number of ether oxygens (including phenoxy) is 1. The fourth-order valence-corrected chi connectivity index (χ4v) is 3.44. The summed E-state index contributed by atoms with van der Waals surface area (Å²) in [6.45, 7) is 2.69. The Morgan fingerprint density at radius 1 is 1.16 bits per heavy atom. The first-order valence-electron chi connectivity index (χ1n) is 7.67. The summed E-state index contributed by atoms with van der Waals surface area (Å²) in [4.78, 5) is 0. The van der Waals surface area contributed by atoms with Crippen LogP contribution in [0.25, 0.3) is 0 Å². The molecule has 0 saturated heterocycles. The molecule has 1 fully saturated rings. The summed E-state index contributed by atoms with van der Waals surface area (Å²) in [6, 6.07) is 0. The topological polar surface area (TPSA) is 69.4 Å². The van der Waals surface area contributed by atoms with Crippen LogP contribution in [0.3, 0.4) is 0 Å². The molecule has 4 nitrogen and oxygen atoms in total. The van der Waals surface area contributed by atoms with E-state index < -0.39 is 15.5 Å². The smallest absolute Gasteiger partial charge is 0.236 e. The summed E-state index contributed by atoms with van der Waals surface area (Å²) in [5.74, 6) is 0.522. The highest BCUT2D eigenvalue weighted by Gasteiger charge is 2.23. The van der Waals surface area contributed by atoms with Crippen molar-refractivity contribution in [2.45, 2.75) is 76.6 Å². The molecular weight excluding hydrogens is 262 g/mol. The van der Waals surface area contributed by atoms with Crippen molar-refractivity contribution in [3.8, 4) is 0 Å². The predicted octanol–water partition coefficient (Wildman–Crippen LogP) is 3.17. The Labute approximate surface area is 118 Å². The summed E-state index contributed by atoms with van der Waals surface area (Å²) in [6.07, 6.45) is 10.8. The van der Waals surface area contributed by atoms with Crippen molar-refractivity contribution in [2.24, 2.45) is 11.1 Å². The van der Waals surface area contributed by atoms with Gasteiger partial charge in [-0.2, -0.15) is 0 Å². The van der Waals surface area contributed by atoms with Gasteiger partial charge in [-0.3, -0.25) is 0 Å². The normalized spacial score (nSPS) is 19.5. The maximum Gasteiger partial charge on any atom is 0.236 e.